The minimum absolute atomic E-state index is 0.00794. The molecule has 0 radical (unpaired) electrons. The van der Waals surface area contributed by atoms with Crippen LogP contribution in [0, 0.1) is 18.6 Å². The molecule has 2 aromatic heterocycles. The highest BCUT2D eigenvalue weighted by molar-refractivity contribution is 5.79. The number of halogens is 2. The average Bonchev–Trinajstić information content (AvgIpc) is 3.18. The normalized spacial score (nSPS) is 14.5. The number of aromatic nitrogens is 3. The van der Waals surface area contributed by atoms with Gasteiger partial charge in [-0.05, 0) is 63.1 Å². The zero-order valence-electron chi connectivity index (χ0n) is 19.8. The van der Waals surface area contributed by atoms with Gasteiger partial charge in [0.15, 0.2) is 0 Å². The molecular formula is C25H31F2N5O. The van der Waals surface area contributed by atoms with E-state index in [0.29, 0.717) is 13.1 Å². The Hall–Kier alpha value is -3.13. The van der Waals surface area contributed by atoms with E-state index in [-0.39, 0.29) is 30.0 Å². The number of amides is 1. The number of rotatable bonds is 3. The molecule has 6 nitrogen and oxygen atoms in total. The minimum Gasteiger partial charge on any atom is -0.327 e. The molecule has 3 aromatic rings. The first-order valence-corrected chi connectivity index (χ1v) is 11.0. The van der Waals surface area contributed by atoms with Crippen LogP contribution in [0.4, 0.5) is 8.78 Å². The van der Waals surface area contributed by atoms with E-state index in [4.69, 9.17) is 10.7 Å². The number of hydrogen-bond donors (Lipinski definition) is 1. The fourth-order valence-corrected chi connectivity index (χ4v) is 4.16. The molecule has 1 aromatic carbocycles. The lowest BCUT2D eigenvalue weighted by atomic mass is 9.98. The van der Waals surface area contributed by atoms with Crippen LogP contribution in [0.3, 0.4) is 0 Å². The highest BCUT2D eigenvalue weighted by Crippen LogP contribution is 2.38. The first-order valence-electron chi connectivity index (χ1n) is 11.0. The number of aryl methyl sites for hydroxylation is 1. The molecule has 0 fully saturated rings. The highest BCUT2D eigenvalue weighted by Gasteiger charge is 2.41. The van der Waals surface area contributed by atoms with E-state index < -0.39 is 5.54 Å². The Bertz CT molecular complexity index is 1080. The Morgan fingerprint density at radius 2 is 1.73 bits per heavy atom. The fourth-order valence-electron chi connectivity index (χ4n) is 4.16. The fraction of sp³-hybridized carbons (Fsp3) is 0.400. The monoisotopic (exact) mass is 455 g/mol. The van der Waals surface area contributed by atoms with E-state index in [2.05, 4.69) is 23.4 Å². The number of benzene rings is 1. The molecule has 0 unspecified atom stereocenters. The molecule has 0 atom stereocenters. The summed E-state index contributed by atoms with van der Waals surface area (Å²) in [5.74, 6) is 0.487. The summed E-state index contributed by atoms with van der Waals surface area (Å²) in [5.41, 5.74) is 8.74. The van der Waals surface area contributed by atoms with Crippen molar-refractivity contribution in [2.24, 2.45) is 5.73 Å². The highest BCUT2D eigenvalue weighted by atomic mass is 19.1. The van der Waals surface area contributed by atoms with Gasteiger partial charge in [-0.25, -0.2) is 13.8 Å². The van der Waals surface area contributed by atoms with E-state index in [1.807, 2.05) is 20.8 Å². The number of carbonyl (C=O) groups is 1. The van der Waals surface area contributed by atoms with Crippen molar-refractivity contribution in [3.05, 3.63) is 71.4 Å². The lowest BCUT2D eigenvalue weighted by Gasteiger charge is -2.42. The van der Waals surface area contributed by atoms with Crippen molar-refractivity contribution in [3.8, 4) is 11.3 Å². The lowest BCUT2D eigenvalue weighted by Crippen LogP contribution is -2.53. The molecule has 3 heterocycles. The molecule has 4 rings (SSSR count). The van der Waals surface area contributed by atoms with Crippen LogP contribution < -0.4 is 5.73 Å². The number of nitrogens with zero attached hydrogens (tertiary/aromatic N) is 4. The van der Waals surface area contributed by atoms with Crippen LogP contribution in [-0.4, -0.2) is 38.4 Å². The number of fused-ring (bicyclic) bond motifs is 1. The van der Waals surface area contributed by atoms with Gasteiger partial charge < -0.3 is 15.2 Å². The zero-order valence-corrected chi connectivity index (χ0v) is 19.8. The molecule has 1 aliphatic rings. The van der Waals surface area contributed by atoms with Crippen molar-refractivity contribution in [3.63, 3.8) is 0 Å². The number of pyridine rings is 1. The first-order chi connectivity index (χ1) is 15.6. The Balaban J connectivity index is 0.000000323. The van der Waals surface area contributed by atoms with E-state index in [0.717, 1.165) is 28.5 Å². The predicted octanol–water partition coefficient (Wildman–Crippen LogP) is 4.38. The van der Waals surface area contributed by atoms with Gasteiger partial charge in [-0.1, -0.05) is 13.8 Å². The quantitative estimate of drug-likeness (QED) is 0.636. The topological polar surface area (TPSA) is 77.0 Å². The van der Waals surface area contributed by atoms with Crippen molar-refractivity contribution >= 4 is 5.91 Å². The molecule has 8 heteroatoms. The standard InChI is InChI=1S/C19H25FN4O.C6H6FN/c1-12(2)17-16(13-5-7-14(20)8-6-13)22-18-19(3,4)24(15(25)11-21)10-9-23(17)18;1-5-2-3-6(7)4-8-5/h5-8,12H,9-11,21H2,1-4H3;2-4H,1H3. The molecular weight excluding hydrogens is 424 g/mol. The van der Waals surface area contributed by atoms with Crippen LogP contribution in [0.15, 0.2) is 42.6 Å². The summed E-state index contributed by atoms with van der Waals surface area (Å²) < 4.78 is 27.5. The van der Waals surface area contributed by atoms with Crippen LogP contribution in [0.1, 0.15) is 50.8 Å². The number of imidazole rings is 1. The van der Waals surface area contributed by atoms with Gasteiger partial charge in [0.2, 0.25) is 5.91 Å². The summed E-state index contributed by atoms with van der Waals surface area (Å²) in [6.45, 7) is 11.4. The average molecular weight is 456 g/mol. The third-order valence-corrected chi connectivity index (χ3v) is 5.79. The van der Waals surface area contributed by atoms with Crippen LogP contribution in [0.25, 0.3) is 11.3 Å². The predicted molar refractivity (Wildman–Crippen MR) is 124 cm³/mol. The van der Waals surface area contributed by atoms with Gasteiger partial charge in [0.25, 0.3) is 0 Å². The molecule has 1 aliphatic heterocycles. The van der Waals surface area contributed by atoms with Gasteiger partial charge in [0.05, 0.1) is 24.0 Å². The molecule has 0 spiro atoms. The van der Waals surface area contributed by atoms with Crippen molar-refractivity contribution in [2.75, 3.05) is 13.1 Å². The third-order valence-electron chi connectivity index (χ3n) is 5.79. The summed E-state index contributed by atoms with van der Waals surface area (Å²) >= 11 is 0. The smallest absolute Gasteiger partial charge is 0.237 e. The van der Waals surface area contributed by atoms with Crippen LogP contribution in [0.5, 0.6) is 0 Å². The maximum absolute atomic E-state index is 13.3. The third kappa shape index (κ3) is 5.11. The molecule has 0 bridgehead atoms. The van der Waals surface area contributed by atoms with E-state index in [9.17, 15) is 13.6 Å². The Kier molecular flexibility index (Phi) is 7.27. The second-order valence-corrected chi connectivity index (χ2v) is 8.91. The Morgan fingerprint density at radius 3 is 2.24 bits per heavy atom. The van der Waals surface area contributed by atoms with Gasteiger partial charge in [-0.3, -0.25) is 9.78 Å². The van der Waals surface area contributed by atoms with Crippen LogP contribution in [-0.2, 0) is 16.9 Å². The summed E-state index contributed by atoms with van der Waals surface area (Å²) in [7, 11) is 0. The second-order valence-electron chi connectivity index (χ2n) is 8.91. The van der Waals surface area contributed by atoms with Gasteiger partial charge >= 0.3 is 0 Å². The van der Waals surface area contributed by atoms with Crippen molar-refractivity contribution < 1.29 is 13.6 Å². The lowest BCUT2D eigenvalue weighted by molar-refractivity contribution is -0.137. The molecule has 0 saturated heterocycles. The largest absolute Gasteiger partial charge is 0.327 e. The second kappa shape index (κ2) is 9.79. The zero-order chi connectivity index (χ0) is 24.3. The summed E-state index contributed by atoms with van der Waals surface area (Å²) in [4.78, 5) is 22.6. The summed E-state index contributed by atoms with van der Waals surface area (Å²) in [6, 6.07) is 9.44. The molecule has 33 heavy (non-hydrogen) atoms. The van der Waals surface area contributed by atoms with Gasteiger partial charge in [-0.2, -0.15) is 0 Å². The van der Waals surface area contributed by atoms with Gasteiger partial charge in [0.1, 0.15) is 17.5 Å². The first kappa shape index (κ1) is 24.5. The molecule has 0 saturated carbocycles. The van der Waals surface area contributed by atoms with E-state index in [1.165, 1.54) is 24.4 Å². The van der Waals surface area contributed by atoms with Crippen molar-refractivity contribution in [1.29, 1.82) is 0 Å². The van der Waals surface area contributed by atoms with Crippen molar-refractivity contribution in [1.82, 2.24) is 19.4 Å². The summed E-state index contributed by atoms with van der Waals surface area (Å²) in [6.07, 6.45) is 1.20. The van der Waals surface area contributed by atoms with E-state index >= 15 is 0 Å². The Morgan fingerprint density at radius 1 is 1.09 bits per heavy atom. The van der Waals surface area contributed by atoms with Crippen LogP contribution >= 0.6 is 0 Å². The van der Waals surface area contributed by atoms with Gasteiger partial charge in [-0.15, -0.1) is 0 Å². The van der Waals surface area contributed by atoms with Gasteiger partial charge in [0, 0.05) is 30.0 Å². The molecule has 0 aliphatic carbocycles. The number of hydrogen-bond acceptors (Lipinski definition) is 4. The molecule has 1 amide bonds. The maximum atomic E-state index is 13.3. The number of nitrogens with two attached hydrogens (primary N) is 1. The van der Waals surface area contributed by atoms with Crippen molar-refractivity contribution in [2.45, 2.75) is 52.6 Å². The number of carbonyl (C=O) groups excluding carboxylic acids is 1. The molecule has 176 valence electrons. The maximum Gasteiger partial charge on any atom is 0.237 e. The minimum atomic E-state index is -0.545. The summed E-state index contributed by atoms with van der Waals surface area (Å²) in [5, 5.41) is 0. The van der Waals surface area contributed by atoms with E-state index in [1.54, 1.807) is 23.1 Å². The Labute approximate surface area is 193 Å². The van der Waals surface area contributed by atoms with Crippen LogP contribution in [0.2, 0.25) is 0 Å². The SMILES string of the molecule is CC(C)c1c(-c2ccc(F)cc2)nc2n1CCN(C(=O)CN)C2(C)C.Cc1ccc(F)cn1. The molecule has 2 N–H and O–H groups in total.